The molecule has 0 atom stereocenters. The van der Waals surface area contributed by atoms with Crippen molar-refractivity contribution in [3.63, 3.8) is 0 Å². The van der Waals surface area contributed by atoms with Gasteiger partial charge in [0.1, 0.15) is 23.0 Å². The van der Waals surface area contributed by atoms with Crippen LogP contribution in [0.4, 0.5) is 13.2 Å². The summed E-state index contributed by atoms with van der Waals surface area (Å²) in [5, 5.41) is 3.09. The lowest BCUT2D eigenvalue weighted by molar-refractivity contribution is -0.153. The molecular formula is C22H17F3N4O4S. The molecule has 0 saturated carbocycles. The van der Waals surface area contributed by atoms with Gasteiger partial charge in [-0.15, -0.1) is 0 Å². The molecule has 0 radical (unpaired) electrons. The quantitative estimate of drug-likeness (QED) is 0.419. The zero-order chi connectivity index (χ0) is 24.3. The lowest BCUT2D eigenvalue weighted by Gasteiger charge is -2.06. The molecule has 12 heteroatoms. The SMILES string of the molecule is Cc1nc(-n2ccc(OCc3ccc(C(F)(F)F)o3)cc2=O)sc1C(=O)NCc1cccnc1. The summed E-state index contributed by atoms with van der Waals surface area (Å²) in [4.78, 5) is 33.8. The van der Waals surface area contributed by atoms with Crippen LogP contribution >= 0.6 is 11.3 Å². The number of aryl methyl sites for hydroxylation is 1. The third kappa shape index (κ3) is 5.34. The van der Waals surface area contributed by atoms with Crippen LogP contribution < -0.4 is 15.6 Å². The van der Waals surface area contributed by atoms with E-state index in [4.69, 9.17) is 9.15 Å². The van der Waals surface area contributed by atoms with Crippen LogP contribution in [0.2, 0.25) is 0 Å². The summed E-state index contributed by atoms with van der Waals surface area (Å²) >= 11 is 1.05. The summed E-state index contributed by atoms with van der Waals surface area (Å²) in [5.41, 5.74) is 0.826. The molecule has 4 rings (SSSR count). The van der Waals surface area contributed by atoms with E-state index in [-0.39, 0.29) is 24.0 Å². The van der Waals surface area contributed by atoms with Gasteiger partial charge in [0.15, 0.2) is 5.13 Å². The number of amides is 1. The van der Waals surface area contributed by atoms with Crippen molar-refractivity contribution in [2.24, 2.45) is 0 Å². The molecule has 0 aliphatic heterocycles. The fourth-order valence-electron chi connectivity index (χ4n) is 2.93. The van der Waals surface area contributed by atoms with E-state index in [0.29, 0.717) is 22.2 Å². The van der Waals surface area contributed by atoms with Gasteiger partial charge >= 0.3 is 6.18 Å². The zero-order valence-corrected chi connectivity index (χ0v) is 18.4. The van der Waals surface area contributed by atoms with Crippen molar-refractivity contribution in [3.05, 3.63) is 93.0 Å². The Bertz CT molecular complexity index is 1360. The summed E-state index contributed by atoms with van der Waals surface area (Å²) in [6.07, 6.45) is 0.116. The number of carbonyl (C=O) groups excluding carboxylic acids is 1. The van der Waals surface area contributed by atoms with Crippen molar-refractivity contribution in [2.45, 2.75) is 26.3 Å². The fourth-order valence-corrected chi connectivity index (χ4v) is 3.90. The maximum absolute atomic E-state index is 12.6. The van der Waals surface area contributed by atoms with Crippen molar-refractivity contribution in [3.8, 4) is 10.9 Å². The van der Waals surface area contributed by atoms with Crippen LogP contribution in [0, 0.1) is 6.92 Å². The van der Waals surface area contributed by atoms with Crippen LogP contribution in [-0.4, -0.2) is 20.4 Å². The minimum absolute atomic E-state index is 0.0333. The molecule has 0 bridgehead atoms. The molecule has 0 aliphatic rings. The monoisotopic (exact) mass is 490 g/mol. The standard InChI is InChI=1S/C22H17F3N4O4S/c1-13-19(20(31)27-11-14-3-2-7-26-10-14)34-21(28-13)29-8-6-15(9-18(29)30)32-12-16-4-5-17(33-16)22(23,24)25/h2-10H,11-12H2,1H3,(H,27,31). The highest BCUT2D eigenvalue weighted by molar-refractivity contribution is 7.16. The number of pyridine rings is 2. The first-order chi connectivity index (χ1) is 16.2. The van der Waals surface area contributed by atoms with Gasteiger partial charge in [0.25, 0.3) is 11.5 Å². The molecule has 0 fully saturated rings. The van der Waals surface area contributed by atoms with E-state index >= 15 is 0 Å². The Kier molecular flexibility index (Phi) is 6.50. The van der Waals surface area contributed by atoms with Crippen molar-refractivity contribution in [1.29, 1.82) is 0 Å². The molecule has 4 aromatic rings. The average Bonchev–Trinajstić information content (AvgIpc) is 3.44. The number of hydrogen-bond acceptors (Lipinski definition) is 7. The maximum Gasteiger partial charge on any atom is 0.449 e. The Morgan fingerprint density at radius 1 is 1.26 bits per heavy atom. The molecule has 0 aromatic carbocycles. The normalized spacial score (nSPS) is 11.4. The van der Waals surface area contributed by atoms with Gasteiger partial charge in [0.2, 0.25) is 5.76 Å². The summed E-state index contributed by atoms with van der Waals surface area (Å²) in [6, 6.07) is 8.21. The molecule has 4 heterocycles. The summed E-state index contributed by atoms with van der Waals surface area (Å²) < 4.78 is 49.2. The van der Waals surface area contributed by atoms with Crippen LogP contribution in [0.15, 0.2) is 64.2 Å². The molecule has 4 aromatic heterocycles. The molecule has 0 saturated heterocycles. The van der Waals surface area contributed by atoms with Gasteiger partial charge in [-0.1, -0.05) is 17.4 Å². The van der Waals surface area contributed by atoms with Gasteiger partial charge < -0.3 is 14.5 Å². The predicted octanol–water partition coefficient (Wildman–Crippen LogP) is 4.12. The molecule has 1 N–H and O–H groups in total. The highest BCUT2D eigenvalue weighted by atomic mass is 32.1. The maximum atomic E-state index is 12.6. The van der Waals surface area contributed by atoms with Gasteiger partial charge in [0, 0.05) is 31.2 Å². The smallest absolute Gasteiger partial charge is 0.449 e. The number of aromatic nitrogens is 3. The topological polar surface area (TPSA) is 99.2 Å². The van der Waals surface area contributed by atoms with Gasteiger partial charge in [-0.2, -0.15) is 13.2 Å². The Morgan fingerprint density at radius 2 is 2.09 bits per heavy atom. The Labute approximate surface area is 194 Å². The fraction of sp³-hybridized carbons (Fsp3) is 0.182. The van der Waals surface area contributed by atoms with Gasteiger partial charge in [-0.05, 0) is 36.8 Å². The number of carbonyl (C=O) groups is 1. The average molecular weight is 490 g/mol. The number of nitrogens with zero attached hydrogens (tertiary/aromatic N) is 3. The van der Waals surface area contributed by atoms with Gasteiger partial charge in [-0.3, -0.25) is 19.1 Å². The van der Waals surface area contributed by atoms with E-state index < -0.39 is 17.5 Å². The van der Waals surface area contributed by atoms with Crippen LogP contribution in [-0.2, 0) is 19.3 Å². The largest absolute Gasteiger partial charge is 0.485 e. The number of thiazole rings is 1. The van der Waals surface area contributed by atoms with E-state index in [0.717, 1.165) is 29.0 Å². The second-order valence-corrected chi connectivity index (χ2v) is 8.06. The first kappa shape index (κ1) is 23.2. The molecule has 176 valence electrons. The second kappa shape index (κ2) is 9.51. The summed E-state index contributed by atoms with van der Waals surface area (Å²) in [6.45, 7) is 1.68. The molecule has 1 amide bonds. The number of halogens is 3. The van der Waals surface area contributed by atoms with E-state index in [9.17, 15) is 22.8 Å². The van der Waals surface area contributed by atoms with Crippen LogP contribution in [0.1, 0.15) is 32.4 Å². The lowest BCUT2D eigenvalue weighted by Crippen LogP contribution is -2.22. The zero-order valence-electron chi connectivity index (χ0n) is 17.6. The van der Waals surface area contributed by atoms with Crippen molar-refractivity contribution in [1.82, 2.24) is 19.9 Å². The van der Waals surface area contributed by atoms with Crippen molar-refractivity contribution in [2.75, 3.05) is 0 Å². The van der Waals surface area contributed by atoms with Crippen LogP contribution in [0.25, 0.3) is 5.13 Å². The van der Waals surface area contributed by atoms with E-state index in [1.54, 1.807) is 25.4 Å². The Balaban J connectivity index is 1.43. The molecule has 0 unspecified atom stereocenters. The number of rotatable bonds is 7. The third-order valence-corrected chi connectivity index (χ3v) is 5.74. The Hall–Kier alpha value is -3.93. The number of nitrogens with one attached hydrogen (secondary N) is 1. The first-order valence-corrected chi connectivity index (χ1v) is 10.7. The number of hydrogen-bond donors (Lipinski definition) is 1. The molecular weight excluding hydrogens is 473 g/mol. The minimum atomic E-state index is -4.58. The van der Waals surface area contributed by atoms with Gasteiger partial charge in [0.05, 0.1) is 5.69 Å². The predicted molar refractivity (Wildman–Crippen MR) is 116 cm³/mol. The summed E-state index contributed by atoms with van der Waals surface area (Å²) in [5.74, 6) is -1.33. The minimum Gasteiger partial charge on any atom is -0.485 e. The third-order valence-electron chi connectivity index (χ3n) is 4.59. The van der Waals surface area contributed by atoms with E-state index in [1.165, 1.54) is 22.9 Å². The second-order valence-electron chi connectivity index (χ2n) is 7.08. The van der Waals surface area contributed by atoms with Crippen molar-refractivity contribution >= 4 is 17.2 Å². The molecule has 0 aliphatic carbocycles. The number of ether oxygens (including phenoxy) is 1. The highest BCUT2D eigenvalue weighted by Gasteiger charge is 2.34. The lowest BCUT2D eigenvalue weighted by atomic mass is 10.3. The number of furan rings is 1. The van der Waals surface area contributed by atoms with E-state index in [2.05, 4.69) is 15.3 Å². The van der Waals surface area contributed by atoms with E-state index in [1.807, 2.05) is 6.07 Å². The van der Waals surface area contributed by atoms with Crippen LogP contribution in [0.5, 0.6) is 5.75 Å². The van der Waals surface area contributed by atoms with Crippen molar-refractivity contribution < 1.29 is 27.1 Å². The number of alkyl halides is 3. The molecule has 8 nitrogen and oxygen atoms in total. The van der Waals surface area contributed by atoms with Gasteiger partial charge in [-0.25, -0.2) is 4.98 Å². The van der Waals surface area contributed by atoms with Crippen LogP contribution in [0.3, 0.4) is 0 Å². The summed E-state index contributed by atoms with van der Waals surface area (Å²) in [7, 11) is 0. The first-order valence-electron chi connectivity index (χ1n) is 9.87. The molecule has 0 spiro atoms. The molecule has 34 heavy (non-hydrogen) atoms. The highest BCUT2D eigenvalue weighted by Crippen LogP contribution is 2.30. The Morgan fingerprint density at radius 3 is 2.76 bits per heavy atom.